The van der Waals surface area contributed by atoms with Gasteiger partial charge in [-0.3, -0.25) is 0 Å². The lowest BCUT2D eigenvalue weighted by Gasteiger charge is -2.14. The van der Waals surface area contributed by atoms with Crippen LogP contribution in [0.1, 0.15) is 25.0 Å². The van der Waals surface area contributed by atoms with Crippen molar-refractivity contribution in [3.63, 3.8) is 0 Å². The molecular formula is C20H28IN3O2. The Labute approximate surface area is 173 Å². The molecule has 0 saturated carbocycles. The third-order valence-electron chi connectivity index (χ3n) is 3.64. The van der Waals surface area contributed by atoms with Gasteiger partial charge >= 0.3 is 0 Å². The highest BCUT2D eigenvalue weighted by Gasteiger charge is 2.04. The summed E-state index contributed by atoms with van der Waals surface area (Å²) < 4.78 is 10.8. The number of hydrogen-bond acceptors (Lipinski definition) is 3. The molecule has 0 radical (unpaired) electrons. The van der Waals surface area contributed by atoms with Gasteiger partial charge < -0.3 is 20.1 Å². The number of benzene rings is 2. The molecule has 142 valence electrons. The number of nitrogens with one attached hydrogen (secondary N) is 2. The van der Waals surface area contributed by atoms with Gasteiger partial charge in [0.25, 0.3) is 0 Å². The van der Waals surface area contributed by atoms with E-state index in [0.717, 1.165) is 35.1 Å². The summed E-state index contributed by atoms with van der Waals surface area (Å²) in [5, 5.41) is 6.63. The molecule has 0 heterocycles. The standard InChI is InChI=1S/C20H27N3O2.HI/c1-4-21-20(22-14-16-10-12-18(24-3)13-11-16)23-15-17-8-6-7-9-19(17)25-5-2;/h6-13H,4-5,14-15H2,1-3H3,(H2,21,22,23);1H. The SMILES string of the molecule is CCNC(=NCc1ccc(OC)cc1)NCc1ccccc1OCC.I. The molecule has 0 bridgehead atoms. The molecule has 26 heavy (non-hydrogen) atoms. The highest BCUT2D eigenvalue weighted by Crippen LogP contribution is 2.17. The van der Waals surface area contributed by atoms with Gasteiger partial charge in [-0.25, -0.2) is 4.99 Å². The summed E-state index contributed by atoms with van der Waals surface area (Å²) in [5.41, 5.74) is 2.24. The molecule has 0 unspecified atom stereocenters. The second kappa shape index (κ2) is 12.4. The number of nitrogens with zero attached hydrogens (tertiary/aromatic N) is 1. The Balaban J connectivity index is 0.00000338. The van der Waals surface area contributed by atoms with Crippen LogP contribution in [0.2, 0.25) is 0 Å². The lowest BCUT2D eigenvalue weighted by Crippen LogP contribution is -2.36. The van der Waals surface area contributed by atoms with E-state index in [9.17, 15) is 0 Å². The van der Waals surface area contributed by atoms with E-state index in [4.69, 9.17) is 9.47 Å². The maximum Gasteiger partial charge on any atom is 0.191 e. The van der Waals surface area contributed by atoms with Gasteiger partial charge in [-0.05, 0) is 37.6 Å². The molecule has 2 N–H and O–H groups in total. The van der Waals surface area contributed by atoms with Crippen LogP contribution < -0.4 is 20.1 Å². The Morgan fingerprint density at radius 3 is 2.38 bits per heavy atom. The molecule has 2 aromatic rings. The second-order valence-electron chi connectivity index (χ2n) is 5.44. The number of rotatable bonds is 8. The average Bonchev–Trinajstić information content (AvgIpc) is 2.65. The van der Waals surface area contributed by atoms with E-state index in [-0.39, 0.29) is 24.0 Å². The van der Waals surface area contributed by atoms with Crippen molar-refractivity contribution in [2.45, 2.75) is 26.9 Å². The van der Waals surface area contributed by atoms with Crippen LogP contribution in [-0.4, -0.2) is 26.2 Å². The number of halogens is 1. The van der Waals surface area contributed by atoms with Crippen LogP contribution in [0.5, 0.6) is 11.5 Å². The molecule has 0 aliphatic carbocycles. The predicted molar refractivity (Wildman–Crippen MR) is 118 cm³/mol. The molecule has 0 aliphatic rings. The number of guanidine groups is 1. The van der Waals surface area contributed by atoms with Crippen LogP contribution in [0, 0.1) is 0 Å². The monoisotopic (exact) mass is 469 g/mol. The molecular weight excluding hydrogens is 441 g/mol. The van der Waals surface area contributed by atoms with E-state index < -0.39 is 0 Å². The zero-order valence-electron chi connectivity index (χ0n) is 15.6. The van der Waals surface area contributed by atoms with Crippen LogP contribution in [0.3, 0.4) is 0 Å². The maximum atomic E-state index is 5.67. The van der Waals surface area contributed by atoms with Crippen LogP contribution in [0.15, 0.2) is 53.5 Å². The number of para-hydroxylation sites is 1. The van der Waals surface area contributed by atoms with Gasteiger partial charge in [0, 0.05) is 18.7 Å². The number of methoxy groups -OCH3 is 1. The average molecular weight is 469 g/mol. The van der Waals surface area contributed by atoms with E-state index in [1.165, 1.54) is 0 Å². The first-order valence-corrected chi connectivity index (χ1v) is 8.62. The lowest BCUT2D eigenvalue weighted by atomic mass is 10.2. The minimum Gasteiger partial charge on any atom is -0.497 e. The van der Waals surface area contributed by atoms with Gasteiger partial charge in [0.1, 0.15) is 11.5 Å². The van der Waals surface area contributed by atoms with E-state index in [0.29, 0.717) is 19.7 Å². The summed E-state index contributed by atoms with van der Waals surface area (Å²) in [6, 6.07) is 16.0. The summed E-state index contributed by atoms with van der Waals surface area (Å²) in [6.45, 7) is 6.77. The first-order valence-electron chi connectivity index (χ1n) is 8.62. The Kier molecular flexibility index (Phi) is 10.5. The third kappa shape index (κ3) is 7.11. The second-order valence-corrected chi connectivity index (χ2v) is 5.44. The Morgan fingerprint density at radius 1 is 1.00 bits per heavy atom. The first-order chi connectivity index (χ1) is 12.3. The van der Waals surface area contributed by atoms with Gasteiger partial charge in [-0.2, -0.15) is 0 Å². The fourth-order valence-corrected chi connectivity index (χ4v) is 2.37. The van der Waals surface area contributed by atoms with Gasteiger partial charge in [0.05, 0.1) is 20.3 Å². The highest BCUT2D eigenvalue weighted by atomic mass is 127. The molecule has 0 saturated heterocycles. The van der Waals surface area contributed by atoms with Crippen molar-refractivity contribution < 1.29 is 9.47 Å². The molecule has 0 fully saturated rings. The molecule has 0 aromatic heterocycles. The first kappa shape index (κ1) is 22.1. The minimum atomic E-state index is 0. The van der Waals surface area contributed by atoms with Crippen molar-refractivity contribution in [2.75, 3.05) is 20.3 Å². The van der Waals surface area contributed by atoms with Gasteiger partial charge in [0.2, 0.25) is 0 Å². The van der Waals surface area contributed by atoms with Crippen molar-refractivity contribution in [1.29, 1.82) is 0 Å². The molecule has 5 nitrogen and oxygen atoms in total. The van der Waals surface area contributed by atoms with E-state index in [2.05, 4.69) is 28.6 Å². The maximum absolute atomic E-state index is 5.67. The summed E-state index contributed by atoms with van der Waals surface area (Å²) in [4.78, 5) is 4.64. The number of ether oxygens (including phenoxy) is 2. The number of hydrogen-bond donors (Lipinski definition) is 2. The highest BCUT2D eigenvalue weighted by molar-refractivity contribution is 14.0. The zero-order chi connectivity index (χ0) is 17.9. The lowest BCUT2D eigenvalue weighted by molar-refractivity contribution is 0.336. The Hall–Kier alpha value is -1.96. The van der Waals surface area contributed by atoms with Crippen LogP contribution in [0.25, 0.3) is 0 Å². The molecule has 6 heteroatoms. The topological polar surface area (TPSA) is 54.9 Å². The summed E-state index contributed by atoms with van der Waals surface area (Å²) in [5.74, 6) is 2.54. The quantitative estimate of drug-likeness (QED) is 0.349. The summed E-state index contributed by atoms with van der Waals surface area (Å²) in [6.07, 6.45) is 0. The molecule has 0 aliphatic heterocycles. The molecule has 0 amide bonds. The largest absolute Gasteiger partial charge is 0.497 e. The number of aliphatic imine (C=N–C) groups is 1. The molecule has 2 rings (SSSR count). The zero-order valence-corrected chi connectivity index (χ0v) is 17.9. The van der Waals surface area contributed by atoms with Gasteiger partial charge in [0.15, 0.2) is 5.96 Å². The fourth-order valence-electron chi connectivity index (χ4n) is 2.37. The van der Waals surface area contributed by atoms with Crippen molar-refractivity contribution in [3.05, 3.63) is 59.7 Å². The van der Waals surface area contributed by atoms with Crippen LogP contribution in [-0.2, 0) is 13.1 Å². The smallest absolute Gasteiger partial charge is 0.191 e. The molecule has 0 spiro atoms. The Bertz CT molecular complexity index is 675. The fraction of sp³-hybridized carbons (Fsp3) is 0.350. The third-order valence-corrected chi connectivity index (χ3v) is 3.64. The van der Waals surface area contributed by atoms with Crippen molar-refractivity contribution in [3.8, 4) is 11.5 Å². The van der Waals surface area contributed by atoms with Gasteiger partial charge in [-0.15, -0.1) is 24.0 Å². The van der Waals surface area contributed by atoms with E-state index in [1.807, 2.05) is 49.4 Å². The molecule has 2 aromatic carbocycles. The van der Waals surface area contributed by atoms with Crippen molar-refractivity contribution in [1.82, 2.24) is 10.6 Å². The summed E-state index contributed by atoms with van der Waals surface area (Å²) in [7, 11) is 1.67. The van der Waals surface area contributed by atoms with Crippen LogP contribution in [0.4, 0.5) is 0 Å². The van der Waals surface area contributed by atoms with Crippen LogP contribution >= 0.6 is 24.0 Å². The predicted octanol–water partition coefficient (Wildman–Crippen LogP) is 3.97. The summed E-state index contributed by atoms with van der Waals surface area (Å²) >= 11 is 0. The van der Waals surface area contributed by atoms with Crippen molar-refractivity contribution in [2.24, 2.45) is 4.99 Å². The normalized spacial score (nSPS) is 10.7. The van der Waals surface area contributed by atoms with E-state index in [1.54, 1.807) is 7.11 Å². The van der Waals surface area contributed by atoms with E-state index >= 15 is 0 Å². The minimum absolute atomic E-state index is 0. The molecule has 0 atom stereocenters. The van der Waals surface area contributed by atoms with Gasteiger partial charge in [-0.1, -0.05) is 30.3 Å². The Morgan fingerprint density at radius 2 is 1.73 bits per heavy atom. The van der Waals surface area contributed by atoms with Crippen molar-refractivity contribution >= 4 is 29.9 Å².